The van der Waals surface area contributed by atoms with E-state index >= 15 is 0 Å². The summed E-state index contributed by atoms with van der Waals surface area (Å²) in [5.74, 6) is -1.20. The van der Waals surface area contributed by atoms with Gasteiger partial charge in [0.15, 0.2) is 0 Å². The van der Waals surface area contributed by atoms with Crippen molar-refractivity contribution < 1.29 is 17.7 Å². The molecule has 0 unspecified atom stereocenters. The Labute approximate surface area is 152 Å². The van der Waals surface area contributed by atoms with Crippen molar-refractivity contribution in [1.82, 2.24) is 30.2 Å². The number of nitrogens with zero attached hydrogens (tertiary/aromatic N) is 5. The van der Waals surface area contributed by atoms with Crippen molar-refractivity contribution in [2.45, 2.75) is 31.5 Å². The summed E-state index contributed by atoms with van der Waals surface area (Å²) in [5.41, 5.74) is 2.44. The van der Waals surface area contributed by atoms with E-state index in [1.165, 1.54) is 6.20 Å². The van der Waals surface area contributed by atoms with Gasteiger partial charge in [-0.3, -0.25) is 15.0 Å². The molecule has 7 nitrogen and oxygen atoms in total. The van der Waals surface area contributed by atoms with E-state index in [4.69, 9.17) is 0 Å². The highest BCUT2D eigenvalue weighted by molar-refractivity contribution is 5.52. The lowest BCUT2D eigenvalue weighted by Gasteiger charge is -2.32. The lowest BCUT2D eigenvalue weighted by Crippen LogP contribution is -2.34. The molecule has 1 fully saturated rings. The van der Waals surface area contributed by atoms with E-state index in [9.17, 15) is 13.2 Å². The third-order valence-electron chi connectivity index (χ3n) is 4.60. The molecule has 4 rings (SSSR count). The van der Waals surface area contributed by atoms with Crippen LogP contribution < -0.4 is 0 Å². The van der Waals surface area contributed by atoms with Gasteiger partial charge >= 0.3 is 12.1 Å². The number of rotatable bonds is 4. The number of nitrogens with one attached hydrogen (secondary N) is 1. The Bertz CT molecular complexity index is 875. The van der Waals surface area contributed by atoms with Crippen LogP contribution in [0.4, 0.5) is 13.2 Å². The monoisotopic (exact) mass is 378 g/mol. The van der Waals surface area contributed by atoms with E-state index in [-0.39, 0.29) is 11.7 Å². The lowest BCUT2D eigenvalue weighted by molar-refractivity contribution is -0.159. The van der Waals surface area contributed by atoms with E-state index in [1.54, 1.807) is 6.07 Å². The maximum Gasteiger partial charge on any atom is 0.471 e. The van der Waals surface area contributed by atoms with Crippen molar-refractivity contribution in [3.8, 4) is 11.4 Å². The molecule has 0 radical (unpaired) electrons. The smallest absolute Gasteiger partial charge is 0.329 e. The highest BCUT2D eigenvalue weighted by atomic mass is 19.4. The third kappa shape index (κ3) is 4.00. The Morgan fingerprint density at radius 2 is 2.15 bits per heavy atom. The predicted molar refractivity (Wildman–Crippen MR) is 88.4 cm³/mol. The molecule has 3 aromatic heterocycles. The Hall–Kier alpha value is -2.75. The number of likely N-dealkylation sites (tertiary alicyclic amines) is 1. The van der Waals surface area contributed by atoms with Crippen LogP contribution in [0.15, 0.2) is 35.2 Å². The van der Waals surface area contributed by atoms with Crippen LogP contribution in [0.1, 0.15) is 35.9 Å². The van der Waals surface area contributed by atoms with Gasteiger partial charge in [0.2, 0.25) is 5.82 Å². The SMILES string of the molecule is FC(F)(F)c1nc(-c2ccc([C@@H]3CCCN(Cc4cn[nH]c4)C3)nc2)no1. The van der Waals surface area contributed by atoms with Gasteiger partial charge in [0.1, 0.15) is 0 Å². The summed E-state index contributed by atoms with van der Waals surface area (Å²) >= 11 is 0. The highest BCUT2D eigenvalue weighted by Gasteiger charge is 2.38. The summed E-state index contributed by atoms with van der Waals surface area (Å²) in [6, 6.07) is 3.51. The van der Waals surface area contributed by atoms with Crippen molar-refractivity contribution >= 4 is 0 Å². The molecule has 27 heavy (non-hydrogen) atoms. The number of piperidine rings is 1. The van der Waals surface area contributed by atoms with Crippen LogP contribution in [0.5, 0.6) is 0 Å². The predicted octanol–water partition coefficient (Wildman–Crippen LogP) is 3.25. The van der Waals surface area contributed by atoms with Gasteiger partial charge in [-0.2, -0.15) is 23.3 Å². The van der Waals surface area contributed by atoms with Gasteiger partial charge in [0.25, 0.3) is 0 Å². The zero-order valence-electron chi connectivity index (χ0n) is 14.3. The highest BCUT2D eigenvalue weighted by Crippen LogP contribution is 2.30. The first-order chi connectivity index (χ1) is 13.0. The fraction of sp³-hybridized carbons (Fsp3) is 0.412. The van der Waals surface area contributed by atoms with E-state index in [0.29, 0.717) is 5.56 Å². The summed E-state index contributed by atoms with van der Waals surface area (Å²) in [6.45, 7) is 2.72. The maximum absolute atomic E-state index is 12.6. The minimum absolute atomic E-state index is 0.119. The minimum atomic E-state index is -4.65. The van der Waals surface area contributed by atoms with Crippen molar-refractivity contribution in [2.75, 3.05) is 13.1 Å². The molecular weight excluding hydrogens is 361 g/mol. The number of pyridine rings is 1. The number of alkyl halides is 3. The first-order valence-electron chi connectivity index (χ1n) is 8.56. The molecule has 1 saturated heterocycles. The quantitative estimate of drug-likeness (QED) is 0.750. The summed E-state index contributed by atoms with van der Waals surface area (Å²) in [4.78, 5) is 10.2. The van der Waals surface area contributed by atoms with Crippen molar-refractivity contribution in [2.24, 2.45) is 0 Å². The average Bonchev–Trinajstić information content (AvgIpc) is 3.34. The van der Waals surface area contributed by atoms with Crippen LogP contribution >= 0.6 is 0 Å². The number of aromatic nitrogens is 5. The fourth-order valence-electron chi connectivity index (χ4n) is 3.30. The van der Waals surface area contributed by atoms with Crippen LogP contribution in [0.25, 0.3) is 11.4 Å². The second-order valence-corrected chi connectivity index (χ2v) is 6.57. The zero-order valence-corrected chi connectivity index (χ0v) is 14.3. The van der Waals surface area contributed by atoms with Gasteiger partial charge in [-0.15, -0.1) is 0 Å². The lowest BCUT2D eigenvalue weighted by atomic mass is 9.94. The van der Waals surface area contributed by atoms with Crippen molar-refractivity contribution in [3.05, 3.63) is 47.9 Å². The van der Waals surface area contributed by atoms with Crippen LogP contribution in [-0.2, 0) is 12.7 Å². The topological polar surface area (TPSA) is 83.7 Å². The van der Waals surface area contributed by atoms with Crippen LogP contribution in [0.3, 0.4) is 0 Å². The van der Waals surface area contributed by atoms with Gasteiger partial charge in [0, 0.05) is 48.2 Å². The average molecular weight is 378 g/mol. The van der Waals surface area contributed by atoms with Crippen LogP contribution in [0, 0.1) is 0 Å². The number of halogens is 3. The summed E-state index contributed by atoms with van der Waals surface area (Å²) in [6.07, 6.45) is 2.63. The van der Waals surface area contributed by atoms with Gasteiger partial charge in [-0.05, 0) is 31.5 Å². The molecule has 10 heteroatoms. The van der Waals surface area contributed by atoms with Crippen molar-refractivity contribution in [3.63, 3.8) is 0 Å². The molecule has 0 saturated carbocycles. The second-order valence-electron chi connectivity index (χ2n) is 6.57. The largest absolute Gasteiger partial charge is 0.471 e. The molecule has 0 bridgehead atoms. The molecule has 1 atom stereocenters. The standard InChI is InChI=1S/C17H17F3N6O/c18-17(19,20)16-24-15(25-27-16)12-3-4-14(21-8-12)13-2-1-5-26(10-13)9-11-6-22-23-7-11/h3-4,6-8,13H,1-2,5,9-10H2,(H,22,23)/t13-/m1/s1. The Balaban J connectivity index is 1.44. The number of hydrogen-bond donors (Lipinski definition) is 1. The zero-order chi connectivity index (χ0) is 18.9. The summed E-state index contributed by atoms with van der Waals surface area (Å²) < 4.78 is 42.0. The molecule has 1 aliphatic heterocycles. The Kier molecular flexibility index (Phi) is 4.65. The molecular formula is C17H17F3N6O. The van der Waals surface area contributed by atoms with Gasteiger partial charge in [-0.25, -0.2) is 0 Å². The second kappa shape index (κ2) is 7.10. The molecule has 0 amide bonds. The Morgan fingerprint density at radius 1 is 1.26 bits per heavy atom. The normalized spacial score (nSPS) is 18.7. The first kappa shape index (κ1) is 17.7. The first-order valence-corrected chi connectivity index (χ1v) is 8.56. The van der Waals surface area contributed by atoms with Gasteiger partial charge in [0.05, 0.1) is 6.20 Å². The van der Waals surface area contributed by atoms with Crippen LogP contribution in [-0.4, -0.2) is 43.3 Å². The summed E-state index contributed by atoms with van der Waals surface area (Å²) in [5, 5.41) is 10.2. The van der Waals surface area contributed by atoms with Crippen molar-refractivity contribution in [1.29, 1.82) is 0 Å². The fourth-order valence-corrected chi connectivity index (χ4v) is 3.30. The molecule has 142 valence electrons. The minimum Gasteiger partial charge on any atom is -0.329 e. The van der Waals surface area contributed by atoms with E-state index in [2.05, 4.69) is 34.7 Å². The molecule has 0 aromatic carbocycles. The van der Waals surface area contributed by atoms with E-state index < -0.39 is 12.1 Å². The van der Waals surface area contributed by atoms with E-state index in [0.717, 1.165) is 43.7 Å². The molecule has 0 spiro atoms. The maximum atomic E-state index is 12.6. The molecule has 1 N–H and O–H groups in total. The third-order valence-corrected chi connectivity index (χ3v) is 4.60. The van der Waals surface area contributed by atoms with E-state index in [1.807, 2.05) is 18.5 Å². The molecule has 4 heterocycles. The number of H-pyrrole nitrogens is 1. The molecule has 1 aliphatic rings. The van der Waals surface area contributed by atoms with Crippen LogP contribution in [0.2, 0.25) is 0 Å². The number of hydrogen-bond acceptors (Lipinski definition) is 6. The molecule has 3 aromatic rings. The van der Waals surface area contributed by atoms with Gasteiger partial charge < -0.3 is 4.52 Å². The molecule has 0 aliphatic carbocycles. The summed E-state index contributed by atoms with van der Waals surface area (Å²) in [7, 11) is 0. The van der Waals surface area contributed by atoms with Gasteiger partial charge in [-0.1, -0.05) is 5.16 Å². The Morgan fingerprint density at radius 3 is 2.81 bits per heavy atom. The number of aromatic amines is 1.